The fourth-order valence-corrected chi connectivity index (χ4v) is 2.23. The Morgan fingerprint density at radius 2 is 2.12 bits per heavy atom. The molecule has 1 N–H and O–H groups in total. The van der Waals surface area contributed by atoms with Crippen molar-refractivity contribution in [3.63, 3.8) is 0 Å². The molecule has 0 aliphatic rings. The summed E-state index contributed by atoms with van der Waals surface area (Å²) in [7, 11) is 3.25. The molecule has 0 saturated heterocycles. The first-order valence-electron chi connectivity index (χ1n) is 7.41. The molecule has 0 atom stereocenters. The summed E-state index contributed by atoms with van der Waals surface area (Å²) in [6.45, 7) is 0.0921. The minimum atomic E-state index is -0.448. The first-order chi connectivity index (χ1) is 12.1. The number of carbonyl (C=O) groups is 1. The zero-order valence-corrected chi connectivity index (χ0v) is 13.6. The van der Waals surface area contributed by atoms with Gasteiger partial charge in [0.15, 0.2) is 0 Å². The molecule has 0 bridgehead atoms. The Bertz CT molecular complexity index is 898. The van der Waals surface area contributed by atoms with Gasteiger partial charge in [0.05, 0.1) is 12.1 Å². The number of hydrogen-bond acceptors (Lipinski definition) is 7. The molecule has 2 aromatic heterocycles. The van der Waals surface area contributed by atoms with Crippen molar-refractivity contribution in [1.82, 2.24) is 25.4 Å². The Morgan fingerprint density at radius 3 is 2.88 bits per heavy atom. The van der Waals surface area contributed by atoms with Gasteiger partial charge < -0.3 is 14.7 Å². The minimum Gasteiger partial charge on any atom is -0.358 e. The monoisotopic (exact) mass is 342 g/mol. The van der Waals surface area contributed by atoms with Gasteiger partial charge in [-0.25, -0.2) is 14.4 Å². The standard InChI is InChI=1S/C16H15FN6O2/c1-18-13(24)8-23(2)15-11(7-19-9-20-15)16-21-14(22-25-16)10-5-3-4-6-12(10)17/h3-7,9H,8H2,1-2H3,(H,18,24). The Kier molecular flexibility index (Phi) is 4.64. The van der Waals surface area contributed by atoms with E-state index in [-0.39, 0.29) is 29.7 Å². The average Bonchev–Trinajstić information content (AvgIpc) is 3.11. The maximum absolute atomic E-state index is 13.9. The Morgan fingerprint density at radius 1 is 1.32 bits per heavy atom. The molecular formula is C16H15FN6O2. The van der Waals surface area contributed by atoms with Crippen molar-refractivity contribution in [3.05, 3.63) is 42.6 Å². The third-order valence-electron chi connectivity index (χ3n) is 3.48. The quantitative estimate of drug-likeness (QED) is 0.750. The molecule has 0 spiro atoms. The zero-order valence-electron chi connectivity index (χ0n) is 13.6. The summed E-state index contributed by atoms with van der Waals surface area (Å²) in [6, 6.07) is 6.14. The van der Waals surface area contributed by atoms with Crippen LogP contribution in [-0.2, 0) is 4.79 Å². The van der Waals surface area contributed by atoms with E-state index in [1.165, 1.54) is 18.6 Å². The first kappa shape index (κ1) is 16.5. The number of nitrogens with one attached hydrogen (secondary N) is 1. The highest BCUT2D eigenvalue weighted by molar-refractivity contribution is 5.82. The van der Waals surface area contributed by atoms with Crippen LogP contribution in [0.5, 0.6) is 0 Å². The number of nitrogens with zero attached hydrogens (tertiary/aromatic N) is 5. The van der Waals surface area contributed by atoms with Gasteiger partial charge >= 0.3 is 0 Å². The summed E-state index contributed by atoms with van der Waals surface area (Å²) in [5, 5.41) is 6.36. The first-order valence-corrected chi connectivity index (χ1v) is 7.41. The topological polar surface area (TPSA) is 97.0 Å². The lowest BCUT2D eigenvalue weighted by Crippen LogP contribution is -2.33. The third-order valence-corrected chi connectivity index (χ3v) is 3.48. The van der Waals surface area contributed by atoms with Gasteiger partial charge in [-0.15, -0.1) is 0 Å². The predicted octanol–water partition coefficient (Wildman–Crippen LogP) is 1.51. The number of amides is 1. The SMILES string of the molecule is CNC(=O)CN(C)c1ncncc1-c1nc(-c2ccccc2F)no1. The number of aromatic nitrogens is 4. The van der Waals surface area contributed by atoms with Crippen molar-refractivity contribution in [1.29, 1.82) is 0 Å². The van der Waals surface area contributed by atoms with Crippen LogP contribution in [0.2, 0.25) is 0 Å². The predicted molar refractivity (Wildman–Crippen MR) is 88.1 cm³/mol. The molecule has 8 nitrogen and oxygen atoms in total. The van der Waals surface area contributed by atoms with Crippen LogP contribution in [0.15, 0.2) is 41.3 Å². The number of benzene rings is 1. The van der Waals surface area contributed by atoms with E-state index in [0.29, 0.717) is 11.4 Å². The molecule has 0 radical (unpaired) electrons. The molecule has 3 rings (SSSR count). The summed E-state index contributed by atoms with van der Waals surface area (Å²) >= 11 is 0. The van der Waals surface area contributed by atoms with Gasteiger partial charge in [-0.2, -0.15) is 4.98 Å². The normalized spacial score (nSPS) is 10.5. The van der Waals surface area contributed by atoms with Crippen LogP contribution < -0.4 is 10.2 Å². The minimum absolute atomic E-state index is 0.0921. The van der Waals surface area contributed by atoms with Crippen molar-refractivity contribution < 1.29 is 13.7 Å². The number of rotatable bonds is 5. The van der Waals surface area contributed by atoms with E-state index >= 15 is 0 Å². The Hall–Kier alpha value is -3.36. The highest BCUT2D eigenvalue weighted by atomic mass is 19.1. The number of carbonyl (C=O) groups excluding carboxylic acids is 1. The van der Waals surface area contributed by atoms with Gasteiger partial charge in [0.25, 0.3) is 5.89 Å². The summed E-state index contributed by atoms with van der Waals surface area (Å²) < 4.78 is 19.1. The molecular weight excluding hydrogens is 327 g/mol. The maximum atomic E-state index is 13.9. The van der Waals surface area contributed by atoms with Gasteiger partial charge in [-0.05, 0) is 12.1 Å². The number of likely N-dealkylation sites (N-methyl/N-ethyl adjacent to an activating group) is 2. The largest absolute Gasteiger partial charge is 0.358 e. The smallest absolute Gasteiger partial charge is 0.263 e. The second kappa shape index (κ2) is 7.04. The molecule has 0 unspecified atom stereocenters. The van der Waals surface area contributed by atoms with Crippen LogP contribution in [0.4, 0.5) is 10.2 Å². The van der Waals surface area contributed by atoms with E-state index in [1.807, 2.05) is 0 Å². The van der Waals surface area contributed by atoms with Crippen LogP contribution >= 0.6 is 0 Å². The second-order valence-corrected chi connectivity index (χ2v) is 5.19. The second-order valence-electron chi connectivity index (χ2n) is 5.19. The van der Waals surface area contributed by atoms with Gasteiger partial charge in [-0.3, -0.25) is 4.79 Å². The molecule has 25 heavy (non-hydrogen) atoms. The van der Waals surface area contributed by atoms with Crippen molar-refractivity contribution >= 4 is 11.7 Å². The lowest BCUT2D eigenvalue weighted by molar-refractivity contribution is -0.119. The van der Waals surface area contributed by atoms with Crippen LogP contribution in [0.1, 0.15) is 0 Å². The molecule has 1 amide bonds. The summed E-state index contributed by atoms with van der Waals surface area (Å²) in [5.74, 6) is 0.0811. The van der Waals surface area contributed by atoms with E-state index in [9.17, 15) is 9.18 Å². The van der Waals surface area contributed by atoms with Crippen molar-refractivity contribution in [2.45, 2.75) is 0 Å². The Labute approximate surface area is 142 Å². The molecule has 0 aliphatic heterocycles. The molecule has 9 heteroatoms. The molecule has 3 aromatic rings. The van der Waals surface area contributed by atoms with Gasteiger partial charge in [-0.1, -0.05) is 17.3 Å². The number of hydrogen-bond donors (Lipinski definition) is 1. The fraction of sp³-hybridized carbons (Fsp3) is 0.188. The highest BCUT2D eigenvalue weighted by Crippen LogP contribution is 2.28. The van der Waals surface area contributed by atoms with E-state index in [4.69, 9.17) is 4.52 Å². The molecule has 0 fully saturated rings. The maximum Gasteiger partial charge on any atom is 0.263 e. The molecule has 0 aliphatic carbocycles. The van der Waals surface area contributed by atoms with Crippen molar-refractivity contribution in [2.24, 2.45) is 0 Å². The molecule has 1 aromatic carbocycles. The van der Waals surface area contributed by atoms with Crippen LogP contribution in [0.3, 0.4) is 0 Å². The highest BCUT2D eigenvalue weighted by Gasteiger charge is 2.20. The average molecular weight is 342 g/mol. The molecule has 0 saturated carbocycles. The van der Waals surface area contributed by atoms with Crippen LogP contribution in [-0.4, -0.2) is 46.7 Å². The van der Waals surface area contributed by atoms with Crippen LogP contribution in [0.25, 0.3) is 22.8 Å². The van der Waals surface area contributed by atoms with E-state index in [1.54, 1.807) is 37.2 Å². The number of halogens is 1. The van der Waals surface area contributed by atoms with Gasteiger partial charge in [0, 0.05) is 20.3 Å². The zero-order chi connectivity index (χ0) is 17.8. The number of anilines is 1. The van der Waals surface area contributed by atoms with E-state index in [2.05, 4.69) is 25.4 Å². The summed E-state index contributed by atoms with van der Waals surface area (Å²) in [5.41, 5.74) is 0.679. The van der Waals surface area contributed by atoms with Crippen LogP contribution in [0, 0.1) is 5.82 Å². The molecule has 2 heterocycles. The van der Waals surface area contributed by atoms with E-state index < -0.39 is 5.82 Å². The van der Waals surface area contributed by atoms with Gasteiger partial charge in [0.2, 0.25) is 11.7 Å². The van der Waals surface area contributed by atoms with Crippen molar-refractivity contribution in [2.75, 3.05) is 25.5 Å². The van der Waals surface area contributed by atoms with Crippen molar-refractivity contribution in [3.8, 4) is 22.8 Å². The molecule has 128 valence electrons. The lowest BCUT2D eigenvalue weighted by Gasteiger charge is -2.18. The van der Waals surface area contributed by atoms with Gasteiger partial charge in [0.1, 0.15) is 23.5 Å². The summed E-state index contributed by atoms with van der Waals surface area (Å²) in [4.78, 5) is 25.6. The fourth-order valence-electron chi connectivity index (χ4n) is 2.23. The Balaban J connectivity index is 1.96. The summed E-state index contributed by atoms with van der Waals surface area (Å²) in [6.07, 6.45) is 2.86. The van der Waals surface area contributed by atoms with E-state index in [0.717, 1.165) is 0 Å². The lowest BCUT2D eigenvalue weighted by atomic mass is 10.2. The third kappa shape index (κ3) is 3.44.